The first-order valence-corrected chi connectivity index (χ1v) is 8.62. The number of hydrogen-bond acceptors (Lipinski definition) is 5. The Bertz CT molecular complexity index is 951. The third-order valence-electron chi connectivity index (χ3n) is 4.30. The number of rotatable bonds is 5. The van der Waals surface area contributed by atoms with Gasteiger partial charge in [-0.05, 0) is 42.7 Å². The fourth-order valence-corrected chi connectivity index (χ4v) is 3.08. The van der Waals surface area contributed by atoms with Crippen LogP contribution in [-0.4, -0.2) is 27.3 Å². The van der Waals surface area contributed by atoms with Crippen LogP contribution in [0.25, 0.3) is 5.65 Å². The van der Waals surface area contributed by atoms with Crippen molar-refractivity contribution in [3.05, 3.63) is 54.0 Å². The highest BCUT2D eigenvalue weighted by molar-refractivity contribution is 5.95. The maximum Gasteiger partial charge on any atom is 0.252 e. The van der Waals surface area contributed by atoms with Gasteiger partial charge in [-0.15, -0.1) is 10.2 Å². The maximum atomic E-state index is 12.8. The van der Waals surface area contributed by atoms with Gasteiger partial charge in [-0.3, -0.25) is 9.20 Å². The zero-order valence-electron chi connectivity index (χ0n) is 14.7. The Kier molecular flexibility index (Phi) is 4.20. The zero-order valence-corrected chi connectivity index (χ0v) is 14.7. The second kappa shape index (κ2) is 6.67. The molecule has 1 aliphatic rings. The Morgan fingerprint density at radius 3 is 2.88 bits per heavy atom. The van der Waals surface area contributed by atoms with E-state index in [2.05, 4.69) is 29.4 Å². The summed E-state index contributed by atoms with van der Waals surface area (Å²) in [4.78, 5) is 12.8. The number of nitrogens with one attached hydrogen (secondary N) is 1. The summed E-state index contributed by atoms with van der Waals surface area (Å²) in [6.07, 6.45) is 2.66. The molecule has 2 aromatic heterocycles. The average Bonchev–Trinajstić information content (AvgIpc) is 3.26. The number of carbonyl (C=O) groups excluding carboxylic acids is 1. The van der Waals surface area contributed by atoms with E-state index in [0.717, 1.165) is 17.9 Å². The van der Waals surface area contributed by atoms with Crippen LogP contribution in [0.5, 0.6) is 11.5 Å². The second-order valence-corrected chi connectivity index (χ2v) is 6.71. The molecule has 0 fully saturated rings. The number of benzene rings is 1. The first-order chi connectivity index (χ1) is 12.6. The van der Waals surface area contributed by atoms with Crippen LogP contribution >= 0.6 is 0 Å². The minimum atomic E-state index is -0.245. The molecule has 7 nitrogen and oxygen atoms in total. The van der Waals surface area contributed by atoms with Gasteiger partial charge in [0.15, 0.2) is 23.0 Å². The van der Waals surface area contributed by atoms with Gasteiger partial charge in [0.25, 0.3) is 5.91 Å². The van der Waals surface area contributed by atoms with Crippen molar-refractivity contribution in [2.45, 2.75) is 26.3 Å². The number of nitrogens with zero attached hydrogens (tertiary/aromatic N) is 3. The van der Waals surface area contributed by atoms with E-state index >= 15 is 0 Å². The molecule has 134 valence electrons. The molecule has 1 N–H and O–H groups in total. The molecule has 7 heteroatoms. The highest BCUT2D eigenvalue weighted by Gasteiger charge is 2.23. The number of carbonyl (C=O) groups is 1. The smallest absolute Gasteiger partial charge is 0.252 e. The van der Waals surface area contributed by atoms with Gasteiger partial charge in [0.05, 0.1) is 6.04 Å². The first kappa shape index (κ1) is 16.4. The van der Waals surface area contributed by atoms with E-state index in [0.29, 0.717) is 23.0 Å². The number of hydrogen-bond donors (Lipinski definition) is 1. The normalized spacial score (nSPS) is 14.0. The lowest BCUT2D eigenvalue weighted by Crippen LogP contribution is -2.30. The molecule has 3 aromatic rings. The lowest BCUT2D eigenvalue weighted by molar-refractivity contribution is 0.0929. The molecule has 4 rings (SSSR count). The fourth-order valence-electron chi connectivity index (χ4n) is 3.08. The van der Waals surface area contributed by atoms with Gasteiger partial charge in [0.1, 0.15) is 0 Å². The minimum Gasteiger partial charge on any atom is -0.454 e. The Morgan fingerprint density at radius 1 is 1.19 bits per heavy atom. The van der Waals surface area contributed by atoms with Gasteiger partial charge in [0.2, 0.25) is 6.79 Å². The summed E-state index contributed by atoms with van der Waals surface area (Å²) in [6, 6.07) is 10.7. The predicted octanol–water partition coefficient (Wildman–Crippen LogP) is 2.98. The van der Waals surface area contributed by atoms with E-state index in [1.165, 1.54) is 0 Å². The molecule has 26 heavy (non-hydrogen) atoms. The molecular weight excluding hydrogens is 332 g/mol. The average molecular weight is 352 g/mol. The molecule has 0 saturated heterocycles. The minimum absolute atomic E-state index is 0.179. The summed E-state index contributed by atoms with van der Waals surface area (Å²) < 4.78 is 12.6. The number of fused-ring (bicyclic) bond motifs is 2. The number of aromatic nitrogens is 3. The van der Waals surface area contributed by atoms with Gasteiger partial charge >= 0.3 is 0 Å². The number of amides is 1. The van der Waals surface area contributed by atoms with Crippen LogP contribution in [0.4, 0.5) is 0 Å². The predicted molar refractivity (Wildman–Crippen MR) is 95.2 cm³/mol. The molecule has 0 aliphatic carbocycles. The number of pyridine rings is 1. The molecule has 1 aromatic carbocycles. The van der Waals surface area contributed by atoms with Crippen molar-refractivity contribution >= 4 is 11.6 Å². The van der Waals surface area contributed by atoms with E-state index in [1.54, 1.807) is 18.2 Å². The summed E-state index contributed by atoms with van der Waals surface area (Å²) >= 11 is 0. The summed E-state index contributed by atoms with van der Waals surface area (Å²) in [5.74, 6) is 2.17. The monoisotopic (exact) mass is 352 g/mol. The number of ether oxygens (including phenoxy) is 2. The van der Waals surface area contributed by atoms with Crippen LogP contribution in [0.3, 0.4) is 0 Å². The maximum absolute atomic E-state index is 12.8. The van der Waals surface area contributed by atoms with Crippen molar-refractivity contribution in [3.8, 4) is 11.5 Å². The molecule has 3 heterocycles. The molecule has 0 radical (unpaired) electrons. The van der Waals surface area contributed by atoms with E-state index in [-0.39, 0.29) is 18.7 Å². The van der Waals surface area contributed by atoms with Gasteiger partial charge < -0.3 is 14.8 Å². The van der Waals surface area contributed by atoms with Crippen molar-refractivity contribution in [1.82, 2.24) is 19.9 Å². The molecule has 1 atom stereocenters. The van der Waals surface area contributed by atoms with E-state index in [9.17, 15) is 4.79 Å². The zero-order chi connectivity index (χ0) is 18.1. The van der Waals surface area contributed by atoms with Crippen LogP contribution in [0.1, 0.15) is 42.5 Å². The van der Waals surface area contributed by atoms with Gasteiger partial charge in [-0.1, -0.05) is 19.9 Å². The van der Waals surface area contributed by atoms with Crippen molar-refractivity contribution < 1.29 is 14.3 Å². The lowest BCUT2D eigenvalue weighted by atomic mass is 10.0. The largest absolute Gasteiger partial charge is 0.454 e. The summed E-state index contributed by atoms with van der Waals surface area (Å²) in [6.45, 7) is 4.41. The summed E-state index contributed by atoms with van der Waals surface area (Å²) in [7, 11) is 0. The molecule has 1 aliphatic heterocycles. The van der Waals surface area contributed by atoms with Crippen LogP contribution in [0.2, 0.25) is 0 Å². The van der Waals surface area contributed by atoms with Crippen molar-refractivity contribution in [2.75, 3.05) is 6.79 Å². The van der Waals surface area contributed by atoms with Gasteiger partial charge in [-0.25, -0.2) is 0 Å². The first-order valence-electron chi connectivity index (χ1n) is 8.62. The van der Waals surface area contributed by atoms with E-state index in [4.69, 9.17) is 9.47 Å². The van der Waals surface area contributed by atoms with Gasteiger partial charge in [-0.2, -0.15) is 0 Å². The van der Waals surface area contributed by atoms with Gasteiger partial charge in [0, 0.05) is 11.8 Å². The molecule has 0 spiro atoms. The Hall–Kier alpha value is -3.09. The molecule has 1 unspecified atom stereocenters. The third-order valence-corrected chi connectivity index (χ3v) is 4.30. The fraction of sp³-hybridized carbons (Fsp3) is 0.316. The summed E-state index contributed by atoms with van der Waals surface area (Å²) in [5.41, 5.74) is 1.28. The van der Waals surface area contributed by atoms with Crippen LogP contribution in [0.15, 0.2) is 42.6 Å². The van der Waals surface area contributed by atoms with Crippen LogP contribution < -0.4 is 14.8 Å². The Morgan fingerprint density at radius 2 is 2.04 bits per heavy atom. The summed E-state index contributed by atoms with van der Waals surface area (Å²) in [5, 5.41) is 11.6. The van der Waals surface area contributed by atoms with Crippen molar-refractivity contribution in [2.24, 2.45) is 5.92 Å². The van der Waals surface area contributed by atoms with Crippen molar-refractivity contribution in [3.63, 3.8) is 0 Å². The van der Waals surface area contributed by atoms with Crippen molar-refractivity contribution in [1.29, 1.82) is 0 Å². The lowest BCUT2D eigenvalue weighted by Gasteiger charge is -2.19. The highest BCUT2D eigenvalue weighted by atomic mass is 16.7. The quantitative estimate of drug-likeness (QED) is 0.764. The topological polar surface area (TPSA) is 77.8 Å². The standard InChI is InChI=1S/C19H20N4O3/c1-12(2)9-14(18-22-21-17-5-3-4-8-23(17)18)20-19(24)13-6-7-15-16(10-13)26-11-25-15/h3-8,10,12,14H,9,11H2,1-2H3,(H,20,24). The molecular formula is C19H20N4O3. The van der Waals surface area contributed by atoms with Crippen LogP contribution in [0, 0.1) is 5.92 Å². The van der Waals surface area contributed by atoms with E-state index in [1.807, 2.05) is 28.8 Å². The van der Waals surface area contributed by atoms with E-state index < -0.39 is 0 Å². The Balaban J connectivity index is 1.62. The van der Waals surface area contributed by atoms with Crippen LogP contribution in [-0.2, 0) is 0 Å². The third kappa shape index (κ3) is 3.08. The Labute approximate surface area is 151 Å². The molecule has 0 saturated carbocycles. The molecule has 1 amide bonds. The highest BCUT2D eigenvalue weighted by Crippen LogP contribution is 2.32. The molecule has 0 bridgehead atoms. The SMILES string of the molecule is CC(C)CC(NC(=O)c1ccc2c(c1)OCO2)c1nnc2ccccn12. The second-order valence-electron chi connectivity index (χ2n) is 6.71.